The molecule has 114 valence electrons. The van der Waals surface area contributed by atoms with Crippen molar-refractivity contribution in [3.63, 3.8) is 0 Å². The van der Waals surface area contributed by atoms with Crippen molar-refractivity contribution in [2.75, 3.05) is 26.8 Å². The second kappa shape index (κ2) is 8.40. The zero-order valence-corrected chi connectivity index (χ0v) is 12.9. The average Bonchev–Trinajstić information content (AvgIpc) is 2.49. The van der Waals surface area contributed by atoms with E-state index in [4.69, 9.17) is 10.5 Å². The molecule has 1 aromatic heterocycles. The van der Waals surface area contributed by atoms with Crippen LogP contribution in [0.4, 0.5) is 0 Å². The Morgan fingerprint density at radius 1 is 1.48 bits per heavy atom. The van der Waals surface area contributed by atoms with E-state index in [-0.39, 0.29) is 17.9 Å². The number of hydrogen-bond donors (Lipinski definition) is 2. The van der Waals surface area contributed by atoms with Crippen LogP contribution in [-0.2, 0) is 4.74 Å². The van der Waals surface area contributed by atoms with Gasteiger partial charge in [0.25, 0.3) is 5.91 Å². The van der Waals surface area contributed by atoms with Crippen LogP contribution in [0.15, 0.2) is 18.5 Å². The number of carbonyl (C=O) groups excluding carboxylic acids is 1. The highest BCUT2D eigenvalue weighted by Gasteiger charge is 2.19. The average molecular weight is 289 g/mol. The minimum Gasteiger partial charge on any atom is -0.385 e. The van der Waals surface area contributed by atoms with Crippen molar-refractivity contribution >= 4 is 5.91 Å². The van der Waals surface area contributed by atoms with Crippen molar-refractivity contribution in [1.82, 2.24) is 10.3 Å². The standard InChI is InChI=1S/C16H23N3O2/c1-16(2,6-8-21-3)12-19-15(20)14-9-13(5-4-7-17)10-18-11-14/h9-11H,6-8,12,17H2,1-3H3,(H,19,20). The maximum Gasteiger partial charge on any atom is 0.252 e. The molecule has 0 fully saturated rings. The van der Waals surface area contributed by atoms with E-state index in [9.17, 15) is 4.79 Å². The molecular weight excluding hydrogens is 266 g/mol. The second-order valence-electron chi connectivity index (χ2n) is 5.56. The van der Waals surface area contributed by atoms with Gasteiger partial charge in [-0.15, -0.1) is 0 Å². The van der Waals surface area contributed by atoms with E-state index < -0.39 is 0 Å². The summed E-state index contributed by atoms with van der Waals surface area (Å²) in [5, 5.41) is 2.92. The number of rotatable bonds is 6. The summed E-state index contributed by atoms with van der Waals surface area (Å²) in [5.41, 5.74) is 6.50. The summed E-state index contributed by atoms with van der Waals surface area (Å²) >= 11 is 0. The fourth-order valence-electron chi connectivity index (χ4n) is 1.67. The molecule has 0 aromatic carbocycles. The van der Waals surface area contributed by atoms with E-state index in [0.717, 1.165) is 6.42 Å². The summed E-state index contributed by atoms with van der Waals surface area (Å²) < 4.78 is 5.07. The number of methoxy groups -OCH3 is 1. The number of carbonyl (C=O) groups is 1. The minimum atomic E-state index is -0.149. The van der Waals surface area contributed by atoms with Gasteiger partial charge in [0.05, 0.1) is 12.1 Å². The summed E-state index contributed by atoms with van der Waals surface area (Å²) in [6.07, 6.45) is 4.02. The van der Waals surface area contributed by atoms with Gasteiger partial charge in [0.15, 0.2) is 0 Å². The first-order valence-electron chi connectivity index (χ1n) is 6.89. The van der Waals surface area contributed by atoms with Gasteiger partial charge in [-0.25, -0.2) is 0 Å². The molecule has 0 atom stereocenters. The van der Waals surface area contributed by atoms with Crippen molar-refractivity contribution in [3.8, 4) is 11.8 Å². The lowest BCUT2D eigenvalue weighted by Gasteiger charge is -2.24. The first-order chi connectivity index (χ1) is 9.98. The van der Waals surface area contributed by atoms with Gasteiger partial charge in [-0.05, 0) is 17.9 Å². The molecule has 1 aromatic rings. The van der Waals surface area contributed by atoms with Gasteiger partial charge >= 0.3 is 0 Å². The Bertz CT molecular complexity index is 530. The molecule has 0 aliphatic rings. The van der Waals surface area contributed by atoms with Gasteiger partial charge in [0.2, 0.25) is 0 Å². The van der Waals surface area contributed by atoms with E-state index in [1.54, 1.807) is 19.4 Å². The molecule has 0 aliphatic heterocycles. The predicted octanol–water partition coefficient (Wildman–Crippen LogP) is 1.18. The first kappa shape index (κ1) is 17.2. The molecular formula is C16H23N3O2. The summed E-state index contributed by atoms with van der Waals surface area (Å²) in [5.74, 6) is 5.46. The highest BCUT2D eigenvalue weighted by molar-refractivity contribution is 5.94. The molecule has 5 heteroatoms. The SMILES string of the molecule is COCCC(C)(C)CNC(=O)c1cncc(C#CCN)c1. The van der Waals surface area contributed by atoms with Crippen LogP contribution in [0.5, 0.6) is 0 Å². The third-order valence-corrected chi connectivity index (χ3v) is 3.05. The lowest BCUT2D eigenvalue weighted by atomic mass is 9.89. The zero-order valence-electron chi connectivity index (χ0n) is 12.9. The topological polar surface area (TPSA) is 77.2 Å². The number of hydrogen-bond acceptors (Lipinski definition) is 4. The van der Waals surface area contributed by atoms with Crippen LogP contribution in [-0.4, -0.2) is 37.7 Å². The van der Waals surface area contributed by atoms with Crippen molar-refractivity contribution in [2.24, 2.45) is 11.1 Å². The zero-order chi connectivity index (χ0) is 15.7. The van der Waals surface area contributed by atoms with Crippen LogP contribution in [0.1, 0.15) is 36.2 Å². The largest absolute Gasteiger partial charge is 0.385 e. The summed E-state index contributed by atoms with van der Waals surface area (Å²) in [4.78, 5) is 16.2. The van der Waals surface area contributed by atoms with Crippen LogP contribution in [0.2, 0.25) is 0 Å². The van der Waals surface area contributed by atoms with E-state index in [1.165, 1.54) is 6.20 Å². The molecule has 1 rings (SSSR count). The Morgan fingerprint density at radius 2 is 2.24 bits per heavy atom. The fourth-order valence-corrected chi connectivity index (χ4v) is 1.67. The fraction of sp³-hybridized carbons (Fsp3) is 0.500. The van der Waals surface area contributed by atoms with Gasteiger partial charge < -0.3 is 15.8 Å². The van der Waals surface area contributed by atoms with E-state index in [1.807, 2.05) is 0 Å². The third kappa shape index (κ3) is 6.39. The van der Waals surface area contributed by atoms with Crippen molar-refractivity contribution in [3.05, 3.63) is 29.6 Å². The highest BCUT2D eigenvalue weighted by Crippen LogP contribution is 2.18. The summed E-state index contributed by atoms with van der Waals surface area (Å²) in [7, 11) is 1.67. The molecule has 0 saturated heterocycles. The first-order valence-corrected chi connectivity index (χ1v) is 6.89. The second-order valence-corrected chi connectivity index (χ2v) is 5.56. The lowest BCUT2D eigenvalue weighted by Crippen LogP contribution is -2.34. The monoisotopic (exact) mass is 289 g/mol. The predicted molar refractivity (Wildman–Crippen MR) is 82.8 cm³/mol. The maximum atomic E-state index is 12.1. The number of pyridine rings is 1. The number of nitrogens with two attached hydrogens (primary N) is 1. The van der Waals surface area contributed by atoms with Crippen LogP contribution in [0.3, 0.4) is 0 Å². The van der Waals surface area contributed by atoms with Crippen molar-refractivity contribution < 1.29 is 9.53 Å². The van der Waals surface area contributed by atoms with Gasteiger partial charge in [-0.2, -0.15) is 0 Å². The Kier molecular flexibility index (Phi) is 6.86. The number of nitrogens with one attached hydrogen (secondary N) is 1. The molecule has 3 N–H and O–H groups in total. The molecule has 0 aliphatic carbocycles. The number of amides is 1. The minimum absolute atomic E-state index is 0.0178. The van der Waals surface area contributed by atoms with E-state index >= 15 is 0 Å². The molecule has 0 spiro atoms. The molecule has 21 heavy (non-hydrogen) atoms. The van der Waals surface area contributed by atoms with Crippen LogP contribution < -0.4 is 11.1 Å². The van der Waals surface area contributed by atoms with E-state index in [2.05, 4.69) is 36.0 Å². The smallest absolute Gasteiger partial charge is 0.252 e. The molecule has 0 unspecified atom stereocenters. The number of ether oxygens (including phenoxy) is 1. The Morgan fingerprint density at radius 3 is 2.90 bits per heavy atom. The Hall–Kier alpha value is -1.90. The van der Waals surface area contributed by atoms with Gasteiger partial charge in [0.1, 0.15) is 0 Å². The van der Waals surface area contributed by atoms with Crippen LogP contribution >= 0.6 is 0 Å². The van der Waals surface area contributed by atoms with E-state index in [0.29, 0.717) is 24.3 Å². The molecule has 1 amide bonds. The molecule has 0 saturated carbocycles. The van der Waals surface area contributed by atoms with Crippen molar-refractivity contribution in [2.45, 2.75) is 20.3 Å². The third-order valence-electron chi connectivity index (χ3n) is 3.05. The molecule has 0 bridgehead atoms. The van der Waals surface area contributed by atoms with Crippen LogP contribution in [0, 0.1) is 17.3 Å². The lowest BCUT2D eigenvalue weighted by molar-refractivity contribution is 0.0920. The maximum absolute atomic E-state index is 12.1. The van der Waals surface area contributed by atoms with Gasteiger partial charge in [-0.3, -0.25) is 9.78 Å². The Balaban J connectivity index is 2.63. The normalized spacial score (nSPS) is 10.7. The van der Waals surface area contributed by atoms with Crippen LogP contribution in [0.25, 0.3) is 0 Å². The molecule has 5 nitrogen and oxygen atoms in total. The quantitative estimate of drug-likeness (QED) is 0.771. The van der Waals surface area contributed by atoms with Crippen molar-refractivity contribution in [1.29, 1.82) is 0 Å². The summed E-state index contributed by atoms with van der Waals surface area (Å²) in [6.45, 7) is 5.72. The molecule has 0 radical (unpaired) electrons. The summed E-state index contributed by atoms with van der Waals surface area (Å²) in [6, 6.07) is 1.72. The number of nitrogens with zero attached hydrogens (tertiary/aromatic N) is 1. The van der Waals surface area contributed by atoms with Gasteiger partial charge in [-0.1, -0.05) is 25.7 Å². The number of aromatic nitrogens is 1. The molecule has 1 heterocycles. The Labute approximate surface area is 126 Å². The highest BCUT2D eigenvalue weighted by atomic mass is 16.5. The van der Waals surface area contributed by atoms with Gasteiger partial charge in [0, 0.05) is 38.2 Å².